The first-order chi connectivity index (χ1) is 5.82. The highest BCUT2D eigenvalue weighted by Crippen LogP contribution is 2.09. The van der Waals surface area contributed by atoms with Gasteiger partial charge in [-0.3, -0.25) is 4.79 Å². The molecule has 0 radical (unpaired) electrons. The van der Waals surface area contributed by atoms with E-state index in [0.29, 0.717) is 0 Å². The third-order valence-corrected chi connectivity index (χ3v) is 1.42. The second-order valence-corrected chi connectivity index (χ2v) is 2.41. The minimum Gasteiger partial charge on any atom is -0.293 e. The fraction of sp³-hybridized carbons (Fsp3) is 0.400. The number of nitrogens with zero attached hydrogens (tertiary/aromatic N) is 3. The van der Waals surface area contributed by atoms with Crippen LogP contribution in [0.5, 0.6) is 0 Å². The molecule has 0 saturated carbocycles. The molecule has 0 spiro atoms. The lowest BCUT2D eigenvalue weighted by Gasteiger charge is -1.82. The Bertz CT molecular complexity index is 345. The summed E-state index contributed by atoms with van der Waals surface area (Å²) in [6, 6.07) is 0. The van der Waals surface area contributed by atoms with Crippen LogP contribution in [0.3, 0.4) is 0 Å². The largest absolute Gasteiger partial charge is 0.293 e. The van der Waals surface area contributed by atoms with Gasteiger partial charge in [0.15, 0.2) is 16.1 Å². The quantitative estimate of drug-likeness (QED) is 0.639. The van der Waals surface area contributed by atoms with Gasteiger partial charge < -0.3 is 0 Å². The van der Waals surface area contributed by atoms with Gasteiger partial charge >= 0.3 is 0 Å². The smallest absolute Gasteiger partial charge is 0.182 e. The van der Waals surface area contributed by atoms with E-state index in [4.69, 9.17) is 4.11 Å². The normalized spacial score (nSPS) is 15.6. The van der Waals surface area contributed by atoms with Crippen LogP contribution in [-0.2, 0) is 7.05 Å². The van der Waals surface area contributed by atoms with Crippen molar-refractivity contribution in [3.05, 3.63) is 10.3 Å². The maximum absolute atomic E-state index is 11.2. The average molecular weight is 207 g/mol. The molecule has 1 heterocycles. The zero-order valence-corrected chi connectivity index (χ0v) is 6.71. The maximum Gasteiger partial charge on any atom is 0.182 e. The monoisotopic (exact) mass is 206 g/mol. The third kappa shape index (κ3) is 1.23. The van der Waals surface area contributed by atoms with Crippen molar-refractivity contribution in [1.29, 1.82) is 0 Å². The molecule has 5 heteroatoms. The minimum absolute atomic E-state index is 0.149. The molecule has 0 aromatic carbocycles. The highest BCUT2D eigenvalue weighted by molar-refractivity contribution is 9.10. The first-order valence-corrected chi connectivity index (χ1v) is 3.23. The summed E-state index contributed by atoms with van der Waals surface area (Å²) < 4.78 is 20.8. The highest BCUT2D eigenvalue weighted by Gasteiger charge is 2.09. The predicted octanol–water partition coefficient (Wildman–Crippen LogP) is 0.780. The molecule has 54 valence electrons. The zero-order chi connectivity index (χ0) is 10.2. The van der Waals surface area contributed by atoms with Crippen molar-refractivity contribution in [2.45, 2.75) is 6.85 Å². The number of Topliss-reactive ketones (excluding diaryl/α,β-unsaturated/α-hetero) is 1. The van der Waals surface area contributed by atoms with Crippen LogP contribution in [0.25, 0.3) is 0 Å². The van der Waals surface area contributed by atoms with E-state index in [9.17, 15) is 4.79 Å². The van der Waals surface area contributed by atoms with E-state index in [1.165, 1.54) is 7.05 Å². The molecule has 4 nitrogen and oxygen atoms in total. The number of halogens is 1. The zero-order valence-electron chi connectivity index (χ0n) is 8.13. The molecule has 0 aliphatic heterocycles. The lowest BCUT2D eigenvalue weighted by Crippen LogP contribution is -1.96. The van der Waals surface area contributed by atoms with E-state index >= 15 is 0 Å². The van der Waals surface area contributed by atoms with Crippen LogP contribution in [0.1, 0.15) is 21.5 Å². The molecular formula is C5H6BrN3O. The summed E-state index contributed by atoms with van der Waals surface area (Å²) >= 11 is 2.94. The average Bonchev–Trinajstić information content (AvgIpc) is 2.26. The number of rotatable bonds is 1. The molecule has 0 amide bonds. The number of hydrogen-bond donors (Lipinski definition) is 0. The summed E-state index contributed by atoms with van der Waals surface area (Å²) in [5.41, 5.74) is -0.164. The Morgan fingerprint density at radius 3 is 2.90 bits per heavy atom. The fourth-order valence-corrected chi connectivity index (χ4v) is 1.01. The van der Waals surface area contributed by atoms with Crippen molar-refractivity contribution in [3.63, 3.8) is 0 Å². The molecule has 1 aromatic rings. The summed E-state index contributed by atoms with van der Waals surface area (Å²) in [4.78, 5) is 12.3. The van der Waals surface area contributed by atoms with Gasteiger partial charge in [0.05, 0.1) is 0 Å². The number of aromatic nitrogens is 3. The van der Waals surface area contributed by atoms with Crippen molar-refractivity contribution < 1.29 is 8.91 Å². The van der Waals surface area contributed by atoms with Crippen molar-refractivity contribution in [2.75, 3.05) is 0 Å². The van der Waals surface area contributed by atoms with Gasteiger partial charge in [0.1, 0.15) is 0 Å². The third-order valence-electron chi connectivity index (χ3n) is 0.888. The Labute approximate surface area is 70.6 Å². The Morgan fingerprint density at radius 2 is 2.50 bits per heavy atom. The Balaban J connectivity index is 3.09. The van der Waals surface area contributed by atoms with Gasteiger partial charge in [-0.1, -0.05) is 0 Å². The van der Waals surface area contributed by atoms with E-state index in [1.54, 1.807) is 0 Å². The van der Waals surface area contributed by atoms with Crippen LogP contribution in [-0.4, -0.2) is 20.8 Å². The van der Waals surface area contributed by atoms with Crippen molar-refractivity contribution in [2.24, 2.45) is 7.05 Å². The van der Waals surface area contributed by atoms with E-state index < -0.39 is 12.6 Å². The van der Waals surface area contributed by atoms with E-state index in [-0.39, 0.29) is 10.3 Å². The van der Waals surface area contributed by atoms with Crippen LogP contribution >= 0.6 is 15.9 Å². The van der Waals surface area contributed by atoms with E-state index in [1.807, 2.05) is 0 Å². The molecular weight excluding hydrogens is 198 g/mol. The lowest BCUT2D eigenvalue weighted by molar-refractivity contribution is 0.101. The topological polar surface area (TPSA) is 47.8 Å². The molecule has 0 fully saturated rings. The standard InChI is InChI=1S/C5H6BrN3O/c1-3(10)4-5(6)8-9(2)7-4/h1-2H3/i1D3. The second kappa shape index (κ2) is 2.49. The summed E-state index contributed by atoms with van der Waals surface area (Å²) in [7, 11) is 1.50. The van der Waals surface area contributed by atoms with Gasteiger partial charge in [0, 0.05) is 18.0 Å². The Hall–Kier alpha value is -0.710. The molecule has 0 N–H and O–H groups in total. The van der Waals surface area contributed by atoms with Crippen LogP contribution in [0, 0.1) is 0 Å². The van der Waals surface area contributed by atoms with Crippen molar-refractivity contribution in [3.8, 4) is 0 Å². The molecule has 0 aliphatic rings. The molecule has 1 rings (SSSR count). The molecule has 0 saturated heterocycles. The summed E-state index contributed by atoms with van der Waals surface area (Å²) in [5, 5.41) is 7.32. The maximum atomic E-state index is 11.2. The van der Waals surface area contributed by atoms with Crippen LogP contribution in [0.15, 0.2) is 4.60 Å². The molecule has 0 atom stereocenters. The van der Waals surface area contributed by atoms with Gasteiger partial charge in [-0.05, 0) is 15.9 Å². The highest BCUT2D eigenvalue weighted by atomic mass is 79.9. The molecule has 10 heavy (non-hydrogen) atoms. The van der Waals surface area contributed by atoms with Gasteiger partial charge in [0.25, 0.3) is 0 Å². The van der Waals surface area contributed by atoms with E-state index in [0.717, 1.165) is 4.80 Å². The van der Waals surface area contributed by atoms with Crippen molar-refractivity contribution >= 4 is 21.7 Å². The van der Waals surface area contributed by atoms with Gasteiger partial charge in [-0.2, -0.15) is 4.80 Å². The first kappa shape index (κ1) is 4.23. The number of carbonyl (C=O) groups excluding carboxylic acids is 1. The number of aryl methyl sites for hydroxylation is 1. The molecule has 0 bridgehead atoms. The summed E-state index contributed by atoms with van der Waals surface area (Å²) in [6.07, 6.45) is 0. The number of ketones is 1. The predicted molar refractivity (Wildman–Crippen MR) is 38.7 cm³/mol. The molecule has 0 unspecified atom stereocenters. The SMILES string of the molecule is [2H]C([2H])([2H])C(=O)c1nn(C)nc1Br. The summed E-state index contributed by atoms with van der Waals surface area (Å²) in [6.45, 7) is -2.67. The van der Waals surface area contributed by atoms with Crippen molar-refractivity contribution in [1.82, 2.24) is 15.0 Å². The molecule has 1 aromatic heterocycles. The Kier molecular flexibility index (Phi) is 1.05. The van der Waals surface area contributed by atoms with Crippen LogP contribution in [0.2, 0.25) is 0 Å². The van der Waals surface area contributed by atoms with Gasteiger partial charge in [-0.25, -0.2) is 0 Å². The number of carbonyl (C=O) groups is 1. The fourth-order valence-electron chi connectivity index (χ4n) is 0.522. The second-order valence-electron chi connectivity index (χ2n) is 1.66. The van der Waals surface area contributed by atoms with Gasteiger partial charge in [0.2, 0.25) is 0 Å². The van der Waals surface area contributed by atoms with E-state index in [2.05, 4.69) is 26.1 Å². The summed E-state index contributed by atoms with van der Waals surface area (Å²) in [5.74, 6) is -1.01. The van der Waals surface area contributed by atoms with Gasteiger partial charge in [-0.15, -0.1) is 10.2 Å². The minimum atomic E-state index is -2.67. The van der Waals surface area contributed by atoms with Crippen LogP contribution in [0.4, 0.5) is 0 Å². The lowest BCUT2D eigenvalue weighted by atomic mass is 10.3. The number of hydrogen-bond acceptors (Lipinski definition) is 3. The van der Waals surface area contributed by atoms with Crippen LogP contribution < -0.4 is 0 Å². The first-order valence-electron chi connectivity index (χ1n) is 3.94. The Morgan fingerprint density at radius 1 is 1.80 bits per heavy atom. The molecule has 0 aliphatic carbocycles.